The van der Waals surface area contributed by atoms with Gasteiger partial charge in [0.15, 0.2) is 0 Å². The molecular formula is C9H12Cl4O4. The predicted molar refractivity (Wildman–Crippen MR) is 66.8 cm³/mol. The Morgan fingerprint density at radius 1 is 0.882 bits per heavy atom. The fourth-order valence-electron chi connectivity index (χ4n) is 0.642. The van der Waals surface area contributed by atoms with Crippen LogP contribution in [0.5, 0.6) is 0 Å². The fourth-order valence-corrected chi connectivity index (χ4v) is 0.860. The molecule has 0 spiro atoms. The van der Waals surface area contributed by atoms with Gasteiger partial charge in [0.2, 0.25) is 8.67 Å². The normalized spacial score (nSPS) is 12.1. The van der Waals surface area contributed by atoms with E-state index in [9.17, 15) is 9.59 Å². The van der Waals surface area contributed by atoms with Gasteiger partial charge >= 0.3 is 11.9 Å². The van der Waals surface area contributed by atoms with Gasteiger partial charge in [-0.15, -0.1) is 0 Å². The number of esters is 2. The lowest BCUT2D eigenvalue weighted by molar-refractivity contribution is -0.146. The summed E-state index contributed by atoms with van der Waals surface area (Å²) in [6.07, 6.45) is 0.297. The molecule has 100 valence electrons. The zero-order chi connectivity index (χ0) is 13.7. The lowest BCUT2D eigenvalue weighted by atomic mass is 10.4. The SMILES string of the molecule is CC(Cl)(Cl)C(=O)OCCCOC(=O)C(C)(Cl)Cl. The van der Waals surface area contributed by atoms with Crippen molar-refractivity contribution < 1.29 is 19.1 Å². The van der Waals surface area contributed by atoms with Crippen LogP contribution >= 0.6 is 46.4 Å². The van der Waals surface area contributed by atoms with Gasteiger partial charge in [0.25, 0.3) is 0 Å². The molecule has 0 saturated heterocycles. The number of rotatable bonds is 6. The van der Waals surface area contributed by atoms with Crippen LogP contribution in [0.1, 0.15) is 20.3 Å². The third kappa shape index (κ3) is 7.92. The molecule has 0 rings (SSSR count). The number of hydrogen-bond acceptors (Lipinski definition) is 4. The molecule has 0 atom stereocenters. The zero-order valence-electron chi connectivity index (χ0n) is 9.27. The third-order valence-corrected chi connectivity index (χ3v) is 2.09. The molecule has 0 aromatic carbocycles. The molecule has 0 aliphatic rings. The maximum Gasteiger partial charge on any atom is 0.342 e. The molecule has 0 aliphatic carbocycles. The number of halogens is 4. The van der Waals surface area contributed by atoms with Crippen LogP contribution in [0.2, 0.25) is 0 Å². The Balaban J connectivity index is 3.68. The molecule has 8 heteroatoms. The van der Waals surface area contributed by atoms with E-state index in [1.807, 2.05) is 0 Å². The maximum atomic E-state index is 11.1. The standard InChI is InChI=1S/C9H12Cl4O4/c1-8(10,11)6(14)16-4-3-5-17-7(15)9(2,12)13/h3-5H2,1-2H3. The lowest BCUT2D eigenvalue weighted by Crippen LogP contribution is -2.27. The summed E-state index contributed by atoms with van der Waals surface area (Å²) in [6.45, 7) is 2.65. The average molecular weight is 326 g/mol. The van der Waals surface area contributed by atoms with Gasteiger partial charge in [-0.1, -0.05) is 46.4 Å². The highest BCUT2D eigenvalue weighted by Crippen LogP contribution is 2.22. The molecule has 0 heterocycles. The zero-order valence-corrected chi connectivity index (χ0v) is 12.3. The van der Waals surface area contributed by atoms with Crippen molar-refractivity contribution in [2.75, 3.05) is 13.2 Å². The summed E-state index contributed by atoms with van der Waals surface area (Å²) < 4.78 is 6.26. The van der Waals surface area contributed by atoms with Crippen LogP contribution < -0.4 is 0 Å². The smallest absolute Gasteiger partial charge is 0.342 e. The molecular weight excluding hydrogens is 314 g/mol. The summed E-state index contributed by atoms with van der Waals surface area (Å²) in [5, 5.41) is 0. The summed E-state index contributed by atoms with van der Waals surface area (Å²) in [5.41, 5.74) is 0. The average Bonchev–Trinajstić information content (AvgIpc) is 2.13. The van der Waals surface area contributed by atoms with E-state index in [0.29, 0.717) is 6.42 Å². The third-order valence-electron chi connectivity index (χ3n) is 1.47. The highest BCUT2D eigenvalue weighted by Gasteiger charge is 2.30. The summed E-state index contributed by atoms with van der Waals surface area (Å²) in [5.74, 6) is -1.52. The molecule has 0 aromatic rings. The monoisotopic (exact) mass is 324 g/mol. The number of hydrogen-bond donors (Lipinski definition) is 0. The Kier molecular flexibility index (Phi) is 6.92. The summed E-state index contributed by atoms with van der Waals surface area (Å²) in [4.78, 5) is 22.2. The second-order valence-corrected chi connectivity index (χ2v) is 6.81. The first kappa shape index (κ1) is 17.1. The van der Waals surface area contributed by atoms with E-state index in [2.05, 4.69) is 0 Å². The molecule has 17 heavy (non-hydrogen) atoms. The number of alkyl halides is 4. The molecule has 0 amide bonds. The van der Waals surface area contributed by atoms with Crippen LogP contribution in [0.15, 0.2) is 0 Å². The van der Waals surface area contributed by atoms with Gasteiger partial charge in [-0.2, -0.15) is 0 Å². The van der Waals surface area contributed by atoms with Crippen molar-refractivity contribution in [2.45, 2.75) is 28.9 Å². The van der Waals surface area contributed by atoms with Gasteiger partial charge in [0.05, 0.1) is 13.2 Å². The number of carbonyl (C=O) groups is 2. The van der Waals surface area contributed by atoms with Crippen LogP contribution in [0.3, 0.4) is 0 Å². The van der Waals surface area contributed by atoms with E-state index < -0.39 is 20.6 Å². The van der Waals surface area contributed by atoms with Gasteiger partial charge in [-0.3, -0.25) is 0 Å². The largest absolute Gasteiger partial charge is 0.463 e. The van der Waals surface area contributed by atoms with Crippen molar-refractivity contribution in [1.82, 2.24) is 0 Å². The summed E-state index contributed by atoms with van der Waals surface area (Å²) in [6, 6.07) is 0. The topological polar surface area (TPSA) is 52.6 Å². The molecule has 0 aliphatic heterocycles. The van der Waals surface area contributed by atoms with E-state index in [1.54, 1.807) is 0 Å². The first-order valence-electron chi connectivity index (χ1n) is 4.65. The molecule has 0 bridgehead atoms. The van der Waals surface area contributed by atoms with Crippen LogP contribution in [-0.4, -0.2) is 33.8 Å². The highest BCUT2D eigenvalue weighted by atomic mass is 35.5. The van der Waals surface area contributed by atoms with Gasteiger partial charge in [0, 0.05) is 6.42 Å². The molecule has 0 fully saturated rings. The highest BCUT2D eigenvalue weighted by molar-refractivity contribution is 6.57. The Morgan fingerprint density at radius 2 is 1.18 bits per heavy atom. The first-order valence-corrected chi connectivity index (χ1v) is 6.16. The molecule has 0 saturated carbocycles. The van der Waals surface area contributed by atoms with Crippen molar-refractivity contribution in [3.05, 3.63) is 0 Å². The minimum absolute atomic E-state index is 0.0302. The number of carbonyl (C=O) groups excluding carboxylic acids is 2. The summed E-state index contributed by atoms with van der Waals surface area (Å²) >= 11 is 21.9. The van der Waals surface area contributed by atoms with E-state index in [0.717, 1.165) is 0 Å². The predicted octanol–water partition coefficient (Wildman–Crippen LogP) is 2.85. The van der Waals surface area contributed by atoms with Crippen LogP contribution in [-0.2, 0) is 19.1 Å². The van der Waals surface area contributed by atoms with Crippen molar-refractivity contribution in [3.63, 3.8) is 0 Å². The Labute approximate surface area is 119 Å². The number of ether oxygens (including phenoxy) is 2. The van der Waals surface area contributed by atoms with Gasteiger partial charge in [-0.25, -0.2) is 9.59 Å². The quantitative estimate of drug-likeness (QED) is 0.428. The van der Waals surface area contributed by atoms with Crippen molar-refractivity contribution in [2.24, 2.45) is 0 Å². The molecule has 0 aromatic heterocycles. The molecule has 0 unspecified atom stereocenters. The van der Waals surface area contributed by atoms with Crippen molar-refractivity contribution in [1.29, 1.82) is 0 Å². The van der Waals surface area contributed by atoms with Crippen LogP contribution in [0, 0.1) is 0 Å². The molecule has 0 radical (unpaired) electrons. The minimum Gasteiger partial charge on any atom is -0.463 e. The maximum absolute atomic E-state index is 11.1. The summed E-state index contributed by atoms with van der Waals surface area (Å²) in [7, 11) is 0. The van der Waals surface area contributed by atoms with Gasteiger partial charge < -0.3 is 9.47 Å². The Hall–Kier alpha value is 0.1000. The van der Waals surface area contributed by atoms with Crippen LogP contribution in [0.25, 0.3) is 0 Å². The Bertz CT molecular complexity index is 252. The minimum atomic E-state index is -1.58. The van der Waals surface area contributed by atoms with E-state index in [4.69, 9.17) is 55.9 Å². The first-order chi connectivity index (χ1) is 7.55. The fraction of sp³-hybridized carbons (Fsp3) is 0.778. The van der Waals surface area contributed by atoms with Gasteiger partial charge in [0.1, 0.15) is 0 Å². The van der Waals surface area contributed by atoms with E-state index in [1.165, 1.54) is 13.8 Å². The molecule has 0 N–H and O–H groups in total. The van der Waals surface area contributed by atoms with Crippen molar-refractivity contribution in [3.8, 4) is 0 Å². The second kappa shape index (κ2) is 6.88. The van der Waals surface area contributed by atoms with Crippen LogP contribution in [0.4, 0.5) is 0 Å². The lowest BCUT2D eigenvalue weighted by Gasteiger charge is -2.14. The molecule has 4 nitrogen and oxygen atoms in total. The van der Waals surface area contributed by atoms with E-state index >= 15 is 0 Å². The van der Waals surface area contributed by atoms with Crippen molar-refractivity contribution >= 4 is 58.3 Å². The van der Waals surface area contributed by atoms with Gasteiger partial charge in [-0.05, 0) is 13.8 Å². The second-order valence-electron chi connectivity index (χ2n) is 3.40. The Morgan fingerprint density at radius 3 is 1.41 bits per heavy atom. The van der Waals surface area contributed by atoms with E-state index in [-0.39, 0.29) is 13.2 Å².